The first kappa shape index (κ1) is 26.7. The van der Waals surface area contributed by atoms with Gasteiger partial charge in [0.25, 0.3) is 0 Å². The summed E-state index contributed by atoms with van der Waals surface area (Å²) in [6, 6.07) is 11.8. The predicted molar refractivity (Wildman–Crippen MR) is 129 cm³/mol. The van der Waals surface area contributed by atoms with Crippen molar-refractivity contribution in [2.24, 2.45) is 5.73 Å². The summed E-state index contributed by atoms with van der Waals surface area (Å²) in [4.78, 5) is 12.2. The largest absolute Gasteiger partial charge is 0.480 e. The van der Waals surface area contributed by atoms with Crippen molar-refractivity contribution in [2.45, 2.75) is 31.7 Å². The van der Waals surface area contributed by atoms with Crippen LogP contribution in [0.1, 0.15) is 28.4 Å². The highest BCUT2D eigenvalue weighted by atomic mass is 35.5. The lowest BCUT2D eigenvalue weighted by molar-refractivity contribution is -0.0521. The molecule has 0 aliphatic carbocycles. The van der Waals surface area contributed by atoms with E-state index in [1.807, 2.05) is 0 Å². The van der Waals surface area contributed by atoms with E-state index in [1.54, 1.807) is 37.3 Å². The van der Waals surface area contributed by atoms with Crippen molar-refractivity contribution >= 4 is 17.5 Å². The SMILES string of the molecule is CC(O)CNC[C@@]1(c2ccccc2)Cc2c(cc(F)c(Cl)c2-c2c(C(N)=O)ccc(OC(F)F)c2F)O1. The molecule has 6 nitrogen and oxygen atoms in total. The highest BCUT2D eigenvalue weighted by Gasteiger charge is 2.44. The molecule has 1 unspecified atom stereocenters. The van der Waals surface area contributed by atoms with E-state index in [4.69, 9.17) is 22.1 Å². The third kappa shape index (κ3) is 5.22. The van der Waals surface area contributed by atoms with Crippen LogP contribution < -0.4 is 20.5 Å². The maximum Gasteiger partial charge on any atom is 0.387 e. The second-order valence-electron chi connectivity index (χ2n) is 8.69. The number of benzene rings is 3. The number of primary amides is 1. The average Bonchev–Trinajstić information content (AvgIpc) is 3.20. The molecule has 3 aromatic rings. The Labute approximate surface area is 214 Å². The number of nitrogens with two attached hydrogens (primary N) is 1. The number of carbonyl (C=O) groups is 1. The van der Waals surface area contributed by atoms with Gasteiger partial charge in [-0.2, -0.15) is 8.78 Å². The molecule has 0 saturated heterocycles. The Bertz CT molecular complexity index is 1320. The molecule has 2 atom stereocenters. The van der Waals surface area contributed by atoms with Crippen LogP contribution >= 0.6 is 11.6 Å². The van der Waals surface area contributed by atoms with Gasteiger partial charge in [0.1, 0.15) is 11.6 Å². The minimum atomic E-state index is -3.36. The Morgan fingerprint density at radius 2 is 1.92 bits per heavy atom. The molecule has 196 valence electrons. The third-order valence-electron chi connectivity index (χ3n) is 6.04. The van der Waals surface area contributed by atoms with Gasteiger partial charge in [-0.15, -0.1) is 0 Å². The Balaban J connectivity index is 1.93. The van der Waals surface area contributed by atoms with Crippen LogP contribution in [-0.2, 0) is 12.0 Å². The molecule has 0 fully saturated rings. The average molecular weight is 539 g/mol. The van der Waals surface area contributed by atoms with E-state index >= 15 is 8.78 Å². The Morgan fingerprint density at radius 3 is 2.54 bits per heavy atom. The lowest BCUT2D eigenvalue weighted by atomic mass is 9.85. The van der Waals surface area contributed by atoms with E-state index in [0.717, 1.165) is 18.2 Å². The number of amides is 1. The van der Waals surface area contributed by atoms with Gasteiger partial charge in [-0.05, 0) is 24.6 Å². The summed E-state index contributed by atoms with van der Waals surface area (Å²) in [7, 11) is 0. The Kier molecular flexibility index (Phi) is 7.63. The number of hydrogen-bond acceptors (Lipinski definition) is 5. The zero-order valence-electron chi connectivity index (χ0n) is 19.5. The molecule has 0 spiro atoms. The Morgan fingerprint density at radius 1 is 1.22 bits per heavy atom. The van der Waals surface area contributed by atoms with Crippen LogP contribution in [0.15, 0.2) is 48.5 Å². The first-order chi connectivity index (χ1) is 17.5. The second kappa shape index (κ2) is 10.6. The summed E-state index contributed by atoms with van der Waals surface area (Å²) < 4.78 is 67.0. The summed E-state index contributed by atoms with van der Waals surface area (Å²) in [6.45, 7) is -1.37. The topological polar surface area (TPSA) is 93.8 Å². The molecule has 1 aliphatic heterocycles. The van der Waals surface area contributed by atoms with Gasteiger partial charge in [0.2, 0.25) is 5.91 Å². The molecule has 37 heavy (non-hydrogen) atoms. The Hall–Kier alpha value is -3.34. The highest BCUT2D eigenvalue weighted by molar-refractivity contribution is 6.34. The number of rotatable bonds is 9. The number of aliphatic hydroxyl groups excluding tert-OH is 1. The third-order valence-corrected chi connectivity index (χ3v) is 6.41. The number of carbonyl (C=O) groups excluding carboxylic acids is 1. The van der Waals surface area contributed by atoms with Crippen LogP contribution in [0, 0.1) is 11.6 Å². The molecule has 1 amide bonds. The molecular formula is C26H23ClF4N2O4. The molecule has 3 aromatic carbocycles. The van der Waals surface area contributed by atoms with Crippen molar-refractivity contribution < 1.29 is 36.9 Å². The molecule has 0 bridgehead atoms. The fourth-order valence-electron chi connectivity index (χ4n) is 4.48. The smallest absolute Gasteiger partial charge is 0.387 e. The lowest BCUT2D eigenvalue weighted by Crippen LogP contribution is -2.44. The van der Waals surface area contributed by atoms with Gasteiger partial charge < -0.3 is 25.6 Å². The van der Waals surface area contributed by atoms with Crippen molar-refractivity contribution in [1.82, 2.24) is 5.32 Å². The first-order valence-electron chi connectivity index (χ1n) is 11.3. The fraction of sp³-hybridized carbons (Fsp3) is 0.269. The standard InChI is InChI=1S/C26H23ClF4N2O4/c1-13(34)11-33-12-26(14-5-3-2-4-6-14)10-16-19(37-26)9-17(28)22(27)20(16)21-15(24(32)35)7-8-18(23(21)29)36-25(30)31/h2-9,13,25,33-34H,10-12H2,1H3,(H2,32,35)/t13?,26-/m1/s1. The molecule has 1 aliphatic rings. The fourth-order valence-corrected chi connectivity index (χ4v) is 4.74. The van der Waals surface area contributed by atoms with Gasteiger partial charge >= 0.3 is 6.61 Å². The minimum Gasteiger partial charge on any atom is -0.480 e. The van der Waals surface area contributed by atoms with Gasteiger partial charge in [-0.1, -0.05) is 41.9 Å². The molecule has 4 N–H and O–H groups in total. The molecule has 11 heteroatoms. The van der Waals surface area contributed by atoms with Gasteiger partial charge in [-0.3, -0.25) is 4.79 Å². The number of nitrogens with one attached hydrogen (secondary N) is 1. The van der Waals surface area contributed by atoms with Gasteiger partial charge in [-0.25, -0.2) is 8.78 Å². The summed E-state index contributed by atoms with van der Waals surface area (Å²) in [5, 5.41) is 12.3. The van der Waals surface area contributed by atoms with Crippen LogP contribution in [0.2, 0.25) is 5.02 Å². The number of aliphatic hydroxyl groups is 1. The molecule has 1 heterocycles. The molecule has 0 aromatic heterocycles. The summed E-state index contributed by atoms with van der Waals surface area (Å²) in [5.41, 5.74) is 4.01. The quantitative estimate of drug-likeness (QED) is 0.341. The highest BCUT2D eigenvalue weighted by Crippen LogP contribution is 2.50. The van der Waals surface area contributed by atoms with E-state index in [-0.39, 0.29) is 36.4 Å². The van der Waals surface area contributed by atoms with Crippen molar-refractivity contribution in [3.63, 3.8) is 0 Å². The maximum absolute atomic E-state index is 15.6. The monoisotopic (exact) mass is 538 g/mol. The number of hydrogen-bond donors (Lipinski definition) is 3. The zero-order chi connectivity index (χ0) is 26.9. The normalized spacial score (nSPS) is 17.4. The summed E-state index contributed by atoms with van der Waals surface area (Å²) in [6.07, 6.45) is -0.629. The van der Waals surface area contributed by atoms with Gasteiger partial charge in [0.15, 0.2) is 17.2 Å². The minimum absolute atomic E-state index is 0.0228. The number of ether oxygens (including phenoxy) is 2. The van der Waals surface area contributed by atoms with Crippen LogP contribution in [0.4, 0.5) is 17.6 Å². The number of alkyl halides is 2. The van der Waals surface area contributed by atoms with E-state index in [0.29, 0.717) is 5.56 Å². The van der Waals surface area contributed by atoms with Gasteiger partial charge in [0, 0.05) is 42.3 Å². The molecular weight excluding hydrogens is 516 g/mol. The molecule has 0 saturated carbocycles. The van der Waals surface area contributed by atoms with Crippen molar-refractivity contribution in [3.8, 4) is 22.6 Å². The number of halogens is 5. The number of fused-ring (bicyclic) bond motifs is 1. The second-order valence-corrected chi connectivity index (χ2v) is 9.06. The maximum atomic E-state index is 15.6. The van der Waals surface area contributed by atoms with Crippen molar-refractivity contribution in [3.05, 3.63) is 81.9 Å². The zero-order valence-corrected chi connectivity index (χ0v) is 20.3. The van der Waals surface area contributed by atoms with Crippen LogP contribution in [-0.4, -0.2) is 36.8 Å². The molecule has 0 radical (unpaired) electrons. The van der Waals surface area contributed by atoms with Crippen LogP contribution in [0.5, 0.6) is 11.5 Å². The van der Waals surface area contributed by atoms with Crippen molar-refractivity contribution in [1.29, 1.82) is 0 Å². The van der Waals surface area contributed by atoms with Crippen molar-refractivity contribution in [2.75, 3.05) is 13.1 Å². The van der Waals surface area contributed by atoms with E-state index in [2.05, 4.69) is 10.1 Å². The van der Waals surface area contributed by atoms with Crippen LogP contribution in [0.25, 0.3) is 11.1 Å². The molecule has 4 rings (SSSR count). The first-order valence-corrected chi connectivity index (χ1v) is 11.6. The van der Waals surface area contributed by atoms with E-state index < -0.39 is 57.8 Å². The predicted octanol–water partition coefficient (Wildman–Crippen LogP) is 4.79. The lowest BCUT2D eigenvalue weighted by Gasteiger charge is -2.30. The van der Waals surface area contributed by atoms with E-state index in [9.17, 15) is 18.7 Å². The van der Waals surface area contributed by atoms with Crippen LogP contribution in [0.3, 0.4) is 0 Å². The summed E-state index contributed by atoms with van der Waals surface area (Å²) >= 11 is 6.32. The summed E-state index contributed by atoms with van der Waals surface area (Å²) in [5.74, 6) is -4.26. The van der Waals surface area contributed by atoms with E-state index in [1.165, 1.54) is 0 Å². The van der Waals surface area contributed by atoms with Gasteiger partial charge in [0.05, 0.1) is 16.7 Å².